The van der Waals surface area contributed by atoms with Crippen LogP contribution in [0.4, 0.5) is 39.5 Å². The van der Waals surface area contributed by atoms with Gasteiger partial charge in [-0.15, -0.1) is 8.42 Å². The van der Waals surface area contributed by atoms with E-state index in [0.717, 1.165) is 0 Å². The molecule has 0 amide bonds. The van der Waals surface area contributed by atoms with E-state index in [2.05, 4.69) is 3.63 Å². The molecular weight excluding hydrogens is 583 g/mol. The Bertz CT molecular complexity index is 1380. The van der Waals surface area contributed by atoms with Crippen molar-refractivity contribution in [1.82, 2.24) is 0 Å². The molecule has 0 aromatic heterocycles. The molecule has 0 saturated carbocycles. The van der Waals surface area contributed by atoms with Crippen molar-refractivity contribution >= 4 is 20.4 Å². The van der Waals surface area contributed by atoms with E-state index in [0.29, 0.717) is 16.7 Å². The average molecular weight is 606 g/mol. The molecule has 39 heavy (non-hydrogen) atoms. The van der Waals surface area contributed by atoms with Gasteiger partial charge in [-0.05, 0) is 56.2 Å². The first-order valence-corrected chi connectivity index (χ1v) is 14.0. The van der Waals surface area contributed by atoms with E-state index in [-0.39, 0.29) is 14.7 Å². The molecular formula is C25H22F9O3S2+. The molecule has 0 aliphatic heterocycles. The Morgan fingerprint density at radius 3 is 1.36 bits per heavy atom. The smallest absolute Gasteiger partial charge is 0.257 e. The maximum atomic E-state index is 14.9. The van der Waals surface area contributed by atoms with Gasteiger partial charge in [0.2, 0.25) is 0 Å². The second-order valence-corrected chi connectivity index (χ2v) is 13.2. The van der Waals surface area contributed by atoms with E-state index in [9.17, 15) is 47.9 Å². The van der Waals surface area contributed by atoms with Crippen molar-refractivity contribution in [2.45, 2.75) is 58.7 Å². The highest BCUT2D eigenvalue weighted by molar-refractivity contribution is 8.32. The lowest BCUT2D eigenvalue weighted by Gasteiger charge is -2.39. The van der Waals surface area contributed by atoms with Crippen LogP contribution in [0.1, 0.15) is 16.7 Å². The minimum absolute atomic E-state index is 0.00997. The van der Waals surface area contributed by atoms with Crippen molar-refractivity contribution in [3.8, 4) is 0 Å². The Kier molecular flexibility index (Phi) is 7.94. The van der Waals surface area contributed by atoms with Gasteiger partial charge in [0.25, 0.3) is 0 Å². The van der Waals surface area contributed by atoms with E-state index >= 15 is 0 Å². The van der Waals surface area contributed by atoms with Crippen molar-refractivity contribution in [2.75, 3.05) is 0 Å². The summed E-state index contributed by atoms with van der Waals surface area (Å²) in [7, 11) is -11.0. The molecule has 0 fully saturated rings. The van der Waals surface area contributed by atoms with E-state index < -0.39 is 43.7 Å². The van der Waals surface area contributed by atoms with Crippen LogP contribution in [0.5, 0.6) is 0 Å². The van der Waals surface area contributed by atoms with Crippen molar-refractivity contribution in [1.29, 1.82) is 0 Å². The summed E-state index contributed by atoms with van der Waals surface area (Å²) in [5, 5.41) is -6.96. The minimum Gasteiger partial charge on any atom is -0.257 e. The van der Waals surface area contributed by atoms with Gasteiger partial charge in [0.1, 0.15) is 0 Å². The lowest BCUT2D eigenvalue weighted by atomic mass is 10.1. The molecule has 0 saturated heterocycles. The maximum Gasteiger partial charge on any atom is 0.486 e. The normalized spacial score (nSPS) is 14.4. The number of hydrogen-bond donors (Lipinski definition) is 0. The molecule has 14 heteroatoms. The summed E-state index contributed by atoms with van der Waals surface area (Å²) in [6.07, 6.45) is -7.19. The Balaban J connectivity index is 2.44. The van der Waals surface area contributed by atoms with Gasteiger partial charge in [-0.25, -0.2) is 0 Å². The number of halogens is 9. The third-order valence-corrected chi connectivity index (χ3v) is 11.4. The van der Waals surface area contributed by atoms with E-state index in [1.54, 1.807) is 19.1 Å². The minimum atomic E-state index is -7.41. The van der Waals surface area contributed by atoms with Crippen LogP contribution in [-0.4, -0.2) is 35.3 Å². The second kappa shape index (κ2) is 10.0. The highest BCUT2D eigenvalue weighted by Gasteiger charge is 2.88. The predicted octanol–water partition coefficient (Wildman–Crippen LogP) is 8.66. The Hall–Kier alpha value is -2.71. The highest BCUT2D eigenvalue weighted by Crippen LogP contribution is 2.71. The molecule has 0 aliphatic carbocycles. The molecule has 3 nitrogen and oxygen atoms in total. The summed E-state index contributed by atoms with van der Waals surface area (Å²) in [6.45, 7) is 4.64. The molecule has 0 atom stereocenters. The van der Waals surface area contributed by atoms with E-state index in [1.165, 1.54) is 74.5 Å². The lowest BCUT2D eigenvalue weighted by Crippen LogP contribution is -2.63. The molecule has 0 heterocycles. The number of hydrogen-bond acceptors (Lipinski definition) is 2. The van der Waals surface area contributed by atoms with Crippen LogP contribution in [0.25, 0.3) is 0 Å². The zero-order valence-electron chi connectivity index (χ0n) is 20.4. The lowest BCUT2D eigenvalue weighted by molar-refractivity contribution is -0.382. The zero-order valence-corrected chi connectivity index (χ0v) is 22.0. The predicted molar refractivity (Wildman–Crippen MR) is 128 cm³/mol. The quantitative estimate of drug-likeness (QED) is 0.147. The largest absolute Gasteiger partial charge is 0.486 e. The molecule has 214 valence electrons. The van der Waals surface area contributed by atoms with Gasteiger partial charge in [-0.1, -0.05) is 54.1 Å². The van der Waals surface area contributed by atoms with Crippen LogP contribution in [0.3, 0.4) is 0 Å². The summed E-state index contributed by atoms with van der Waals surface area (Å²) in [5.74, 6) is -14.8. The fraction of sp³-hybridized carbons (Fsp3) is 0.280. The van der Waals surface area contributed by atoms with Gasteiger partial charge in [-0.3, -0.25) is 3.63 Å². The Morgan fingerprint density at radius 1 is 0.615 bits per heavy atom. The molecule has 0 spiro atoms. The van der Waals surface area contributed by atoms with Gasteiger partial charge in [0.05, 0.1) is 25.0 Å². The Labute approximate surface area is 220 Å². The second-order valence-electron chi connectivity index (χ2n) is 8.65. The van der Waals surface area contributed by atoms with Gasteiger partial charge < -0.3 is 0 Å². The highest BCUT2D eigenvalue weighted by atomic mass is 32.3. The van der Waals surface area contributed by atoms with Crippen LogP contribution in [0.2, 0.25) is 0 Å². The Morgan fingerprint density at radius 2 is 1.00 bits per heavy atom. The van der Waals surface area contributed by atoms with Crippen LogP contribution < -0.4 is 0 Å². The fourth-order valence-corrected chi connectivity index (χ4v) is 9.97. The molecule has 0 bridgehead atoms. The molecule has 0 unspecified atom stereocenters. The summed E-state index contributed by atoms with van der Waals surface area (Å²) < 4.78 is 153. The zero-order chi connectivity index (χ0) is 29.7. The molecule has 3 aromatic carbocycles. The van der Waals surface area contributed by atoms with Gasteiger partial charge in [0.15, 0.2) is 0 Å². The molecule has 0 radical (unpaired) electrons. The van der Waals surface area contributed by atoms with Gasteiger partial charge in [0, 0.05) is 0 Å². The third kappa shape index (κ3) is 4.91. The summed E-state index contributed by atoms with van der Waals surface area (Å²) >= 11 is 0. The molecule has 3 aromatic rings. The maximum absolute atomic E-state index is 14.9. The van der Waals surface area contributed by atoms with Gasteiger partial charge >= 0.3 is 33.4 Å². The summed E-state index contributed by atoms with van der Waals surface area (Å²) in [5.41, 5.74) is 1.25. The standard InChI is InChI=1S/C25H21F9O3S2/c1-16-14-17(2)21(18(3)15-16)38(19-10-6-4-7-11-19,20-12-8-5-9-13-20)37-39(35,36)25(33,34)23(28,29)22(26,27)24(30,31)32/h4-15H,1-3H3/p+1. The van der Waals surface area contributed by atoms with Crippen molar-refractivity contribution in [3.63, 3.8) is 0 Å². The molecule has 0 aliphatic rings. The summed E-state index contributed by atoms with van der Waals surface area (Å²) in [6, 6.07) is 16.7. The van der Waals surface area contributed by atoms with Crippen LogP contribution in [0, 0.1) is 20.8 Å². The molecule has 3 rings (SSSR count). The first-order chi connectivity index (χ1) is 17.7. The first kappa shape index (κ1) is 30.8. The number of benzene rings is 3. The number of aryl methyl sites for hydroxylation is 3. The van der Waals surface area contributed by atoms with Crippen molar-refractivity contribution in [2.24, 2.45) is 0 Å². The fourth-order valence-electron chi connectivity index (χ4n) is 4.08. The summed E-state index contributed by atoms with van der Waals surface area (Å²) in [4.78, 5) is -0.135. The number of alkyl halides is 9. The van der Waals surface area contributed by atoms with Crippen LogP contribution in [-0.2, 0) is 10.1 Å². The van der Waals surface area contributed by atoms with E-state index in [4.69, 9.17) is 0 Å². The van der Waals surface area contributed by atoms with Crippen molar-refractivity contribution in [3.05, 3.63) is 89.5 Å². The van der Waals surface area contributed by atoms with Crippen LogP contribution in [0.15, 0.2) is 87.5 Å². The first-order valence-electron chi connectivity index (χ1n) is 10.9. The molecule has 1 N–H and O–H groups in total. The average Bonchev–Trinajstić information content (AvgIpc) is 2.82. The topological polar surface area (TPSA) is 46.9 Å². The van der Waals surface area contributed by atoms with Crippen LogP contribution >= 0.6 is 10.3 Å². The van der Waals surface area contributed by atoms with Crippen molar-refractivity contribution < 1.29 is 51.6 Å². The SMILES string of the molecule is Cc1cc(C)c(S([OH+]S(=O)(=O)C(F)(F)C(F)(F)C(F)(F)C(F)(F)F)(c2ccccc2)c2ccccc2)c(C)c1. The number of rotatable bonds is 8. The van der Waals surface area contributed by atoms with Gasteiger partial charge in [-0.2, -0.15) is 39.5 Å². The monoisotopic (exact) mass is 605 g/mol. The van der Waals surface area contributed by atoms with E-state index in [1.807, 2.05) is 0 Å². The third-order valence-electron chi connectivity index (χ3n) is 5.72.